The average molecular weight is 214 g/mol. The van der Waals surface area contributed by atoms with E-state index in [0.29, 0.717) is 5.92 Å². The van der Waals surface area contributed by atoms with Gasteiger partial charge < -0.3 is 9.47 Å². The predicted octanol–water partition coefficient (Wildman–Crippen LogP) is 3.77. The van der Waals surface area contributed by atoms with E-state index in [9.17, 15) is 0 Å². The first kappa shape index (κ1) is 14.5. The first-order valence-corrected chi connectivity index (χ1v) is 6.13. The number of rotatable bonds is 0. The lowest BCUT2D eigenvalue weighted by molar-refractivity contribution is 0.00723. The third kappa shape index (κ3) is 2.75. The normalized spacial score (nSPS) is 36.8. The fourth-order valence-electron chi connectivity index (χ4n) is 2.05. The Hall–Kier alpha value is -0.500. The topological polar surface area (TPSA) is 18.5 Å². The minimum atomic E-state index is -0.0729. The largest absolute Gasteiger partial charge is 0.489 e. The first-order chi connectivity index (χ1) is 7.13. The molecule has 0 aromatic carbocycles. The number of ether oxygens (including phenoxy) is 2. The van der Waals surface area contributed by atoms with Gasteiger partial charge in [-0.25, -0.2) is 0 Å². The van der Waals surface area contributed by atoms with Gasteiger partial charge in [0.05, 0.1) is 12.4 Å². The highest BCUT2D eigenvalue weighted by Gasteiger charge is 2.51. The van der Waals surface area contributed by atoms with Crippen molar-refractivity contribution in [2.75, 3.05) is 6.61 Å². The van der Waals surface area contributed by atoms with Crippen LogP contribution in [0.25, 0.3) is 0 Å². The van der Waals surface area contributed by atoms with Gasteiger partial charge in [0.2, 0.25) is 0 Å². The van der Waals surface area contributed by atoms with Crippen LogP contribution in [-0.2, 0) is 9.47 Å². The van der Waals surface area contributed by atoms with E-state index >= 15 is 0 Å². The SMILES string of the molecule is C=C1O[C@]2(C)CCO[C@@H]2[C@@H]1C.CC.CC. The van der Waals surface area contributed by atoms with Crippen LogP contribution < -0.4 is 0 Å². The molecule has 0 bridgehead atoms. The molecule has 0 aliphatic carbocycles. The second-order valence-electron chi connectivity index (χ2n) is 3.71. The molecule has 15 heavy (non-hydrogen) atoms. The van der Waals surface area contributed by atoms with Crippen molar-refractivity contribution in [2.45, 2.75) is 59.7 Å². The zero-order chi connectivity index (χ0) is 12.1. The highest BCUT2D eigenvalue weighted by Crippen LogP contribution is 2.44. The Balaban J connectivity index is 0.000000442. The van der Waals surface area contributed by atoms with Gasteiger partial charge in [-0.05, 0) is 6.92 Å². The fraction of sp³-hybridized carbons (Fsp3) is 0.846. The summed E-state index contributed by atoms with van der Waals surface area (Å²) in [6, 6.07) is 0. The summed E-state index contributed by atoms with van der Waals surface area (Å²) in [5.41, 5.74) is -0.0729. The van der Waals surface area contributed by atoms with E-state index in [4.69, 9.17) is 9.47 Å². The van der Waals surface area contributed by atoms with Gasteiger partial charge >= 0.3 is 0 Å². The van der Waals surface area contributed by atoms with Crippen molar-refractivity contribution in [3.63, 3.8) is 0 Å². The molecule has 90 valence electrons. The lowest BCUT2D eigenvalue weighted by atomic mass is 9.92. The van der Waals surface area contributed by atoms with Crippen LogP contribution in [0.5, 0.6) is 0 Å². The first-order valence-electron chi connectivity index (χ1n) is 6.13. The minimum Gasteiger partial charge on any atom is -0.489 e. The van der Waals surface area contributed by atoms with Crippen LogP contribution in [0, 0.1) is 5.92 Å². The average Bonchev–Trinajstić information content (AvgIpc) is 2.72. The number of hydrogen-bond acceptors (Lipinski definition) is 2. The van der Waals surface area contributed by atoms with Gasteiger partial charge in [-0.2, -0.15) is 0 Å². The standard InChI is InChI=1S/C9H14O2.2C2H6/c1-6-7(2)11-9(3)4-5-10-8(6)9;2*1-2/h6,8H,2,4-5H2,1,3H3;2*1-2H3/t6-,8-,9-;;/m1../s1. The number of fused-ring (bicyclic) bond motifs is 1. The fourth-order valence-corrected chi connectivity index (χ4v) is 2.05. The van der Waals surface area contributed by atoms with Crippen molar-refractivity contribution in [1.82, 2.24) is 0 Å². The molecule has 2 nitrogen and oxygen atoms in total. The van der Waals surface area contributed by atoms with Gasteiger partial charge in [0.1, 0.15) is 11.7 Å². The monoisotopic (exact) mass is 214 g/mol. The molecular weight excluding hydrogens is 188 g/mol. The molecule has 2 heteroatoms. The van der Waals surface area contributed by atoms with Gasteiger partial charge in [-0.15, -0.1) is 0 Å². The maximum atomic E-state index is 5.67. The maximum absolute atomic E-state index is 5.67. The third-order valence-electron chi connectivity index (χ3n) is 2.82. The van der Waals surface area contributed by atoms with Gasteiger partial charge in [-0.1, -0.05) is 41.2 Å². The molecule has 2 fully saturated rings. The molecule has 3 atom stereocenters. The summed E-state index contributed by atoms with van der Waals surface area (Å²) in [5, 5.41) is 0. The molecule has 2 aliphatic rings. The molecule has 2 saturated heterocycles. The lowest BCUT2D eigenvalue weighted by Gasteiger charge is -2.21. The number of hydrogen-bond donors (Lipinski definition) is 0. The van der Waals surface area contributed by atoms with Gasteiger partial charge in [0.15, 0.2) is 0 Å². The molecular formula is C13H26O2. The van der Waals surface area contributed by atoms with Crippen LogP contribution in [0.1, 0.15) is 48.0 Å². The van der Waals surface area contributed by atoms with Crippen molar-refractivity contribution >= 4 is 0 Å². The Morgan fingerprint density at radius 3 is 2.27 bits per heavy atom. The van der Waals surface area contributed by atoms with E-state index in [1.54, 1.807) is 0 Å². The van der Waals surface area contributed by atoms with E-state index in [1.165, 1.54) is 0 Å². The summed E-state index contributed by atoms with van der Waals surface area (Å²) in [7, 11) is 0. The van der Waals surface area contributed by atoms with E-state index < -0.39 is 0 Å². The zero-order valence-electron chi connectivity index (χ0n) is 11.1. The molecule has 0 aromatic heterocycles. The second-order valence-corrected chi connectivity index (χ2v) is 3.71. The summed E-state index contributed by atoms with van der Waals surface area (Å²) < 4.78 is 11.2. The van der Waals surface area contributed by atoms with Crippen LogP contribution in [-0.4, -0.2) is 18.3 Å². The Bertz CT molecular complexity index is 201. The molecule has 0 spiro atoms. The molecule has 0 saturated carbocycles. The smallest absolute Gasteiger partial charge is 0.135 e. The van der Waals surface area contributed by atoms with Gasteiger partial charge in [0.25, 0.3) is 0 Å². The van der Waals surface area contributed by atoms with Crippen LogP contribution in [0.3, 0.4) is 0 Å². The van der Waals surface area contributed by atoms with Crippen LogP contribution in [0.2, 0.25) is 0 Å². The van der Waals surface area contributed by atoms with Crippen molar-refractivity contribution < 1.29 is 9.47 Å². The third-order valence-corrected chi connectivity index (χ3v) is 2.82. The predicted molar refractivity (Wildman–Crippen MR) is 64.8 cm³/mol. The van der Waals surface area contributed by atoms with Crippen LogP contribution in [0.15, 0.2) is 12.3 Å². The van der Waals surface area contributed by atoms with Crippen molar-refractivity contribution in [2.24, 2.45) is 5.92 Å². The second kappa shape index (κ2) is 6.16. The Morgan fingerprint density at radius 1 is 1.27 bits per heavy atom. The van der Waals surface area contributed by atoms with E-state index in [1.807, 2.05) is 27.7 Å². The Morgan fingerprint density at radius 2 is 1.80 bits per heavy atom. The van der Waals surface area contributed by atoms with Crippen LogP contribution in [0.4, 0.5) is 0 Å². The zero-order valence-corrected chi connectivity index (χ0v) is 11.1. The Labute approximate surface area is 94.7 Å². The van der Waals surface area contributed by atoms with Gasteiger partial charge in [-0.3, -0.25) is 0 Å². The molecule has 0 aromatic rings. The van der Waals surface area contributed by atoms with Crippen molar-refractivity contribution in [3.05, 3.63) is 12.3 Å². The summed E-state index contributed by atoms with van der Waals surface area (Å²) >= 11 is 0. The van der Waals surface area contributed by atoms with E-state index in [-0.39, 0.29) is 11.7 Å². The molecule has 0 radical (unpaired) electrons. The Kier molecular flexibility index (Phi) is 5.96. The minimum absolute atomic E-state index is 0.0729. The molecule has 0 amide bonds. The summed E-state index contributed by atoms with van der Waals surface area (Å²) in [6.45, 7) is 16.9. The molecule has 2 aliphatic heterocycles. The highest BCUT2D eigenvalue weighted by atomic mass is 16.6. The quantitative estimate of drug-likeness (QED) is 0.611. The van der Waals surface area contributed by atoms with E-state index in [2.05, 4.69) is 20.4 Å². The summed E-state index contributed by atoms with van der Waals surface area (Å²) in [5.74, 6) is 1.25. The highest BCUT2D eigenvalue weighted by molar-refractivity contribution is 5.11. The molecule has 2 rings (SSSR count). The summed E-state index contributed by atoms with van der Waals surface area (Å²) in [6.07, 6.45) is 1.25. The molecule has 0 unspecified atom stereocenters. The lowest BCUT2D eigenvalue weighted by Crippen LogP contribution is -2.32. The van der Waals surface area contributed by atoms with Crippen LogP contribution >= 0.6 is 0 Å². The van der Waals surface area contributed by atoms with Gasteiger partial charge in [0, 0.05) is 12.3 Å². The van der Waals surface area contributed by atoms with Crippen molar-refractivity contribution in [1.29, 1.82) is 0 Å². The van der Waals surface area contributed by atoms with E-state index in [0.717, 1.165) is 18.8 Å². The van der Waals surface area contributed by atoms with Crippen molar-refractivity contribution in [3.8, 4) is 0 Å². The summed E-state index contributed by atoms with van der Waals surface area (Å²) in [4.78, 5) is 0. The molecule has 0 N–H and O–H groups in total. The molecule has 2 heterocycles. The maximum Gasteiger partial charge on any atom is 0.135 e.